The zero-order chi connectivity index (χ0) is 16.6. The van der Waals surface area contributed by atoms with E-state index in [0.29, 0.717) is 0 Å². The molecule has 0 saturated heterocycles. The maximum Gasteiger partial charge on any atom is 0.451 e. The molecule has 0 spiro atoms. The van der Waals surface area contributed by atoms with Crippen LogP contribution in [0.2, 0.25) is 5.02 Å². The third kappa shape index (κ3) is 3.16. The highest BCUT2D eigenvalue weighted by molar-refractivity contribution is 6.30. The molecule has 2 aromatic heterocycles. The highest BCUT2D eigenvalue weighted by Gasteiger charge is 2.34. The molecule has 118 valence electrons. The second kappa shape index (κ2) is 5.62. The number of hydrogen-bond acceptors (Lipinski definition) is 4. The van der Waals surface area contributed by atoms with Crippen molar-refractivity contribution in [2.24, 2.45) is 0 Å². The number of halogens is 5. The Kier molecular flexibility index (Phi) is 3.77. The maximum absolute atomic E-state index is 13.7. The number of ether oxygens (including phenoxy) is 1. The minimum atomic E-state index is -4.66. The average Bonchev–Trinajstić information content (AvgIpc) is 2.49. The van der Waals surface area contributed by atoms with Crippen molar-refractivity contribution >= 4 is 22.5 Å². The minimum absolute atomic E-state index is 0.0131. The lowest BCUT2D eigenvalue weighted by Gasteiger charge is -2.10. The Morgan fingerprint density at radius 2 is 1.87 bits per heavy atom. The van der Waals surface area contributed by atoms with Crippen LogP contribution in [-0.2, 0) is 6.18 Å². The number of benzene rings is 1. The van der Waals surface area contributed by atoms with Crippen LogP contribution in [-0.4, -0.2) is 15.0 Å². The van der Waals surface area contributed by atoms with Crippen LogP contribution in [0.5, 0.6) is 11.6 Å². The fourth-order valence-corrected chi connectivity index (χ4v) is 1.98. The molecule has 0 unspecified atom stereocenters. The Labute approximate surface area is 131 Å². The first-order chi connectivity index (χ1) is 10.8. The molecule has 0 aliphatic heterocycles. The third-order valence-electron chi connectivity index (χ3n) is 2.82. The molecule has 0 fully saturated rings. The molecule has 4 nitrogen and oxygen atoms in total. The Morgan fingerprint density at radius 1 is 1.09 bits per heavy atom. The number of alkyl halides is 3. The molecule has 1 aromatic carbocycles. The second-order valence-corrected chi connectivity index (χ2v) is 4.86. The molecule has 0 amide bonds. The van der Waals surface area contributed by atoms with E-state index in [-0.39, 0.29) is 27.6 Å². The summed E-state index contributed by atoms with van der Waals surface area (Å²) in [6.07, 6.45) is -2.51. The molecule has 23 heavy (non-hydrogen) atoms. The first-order valence-electron chi connectivity index (χ1n) is 6.16. The van der Waals surface area contributed by atoms with Gasteiger partial charge in [0.1, 0.15) is 5.75 Å². The van der Waals surface area contributed by atoms with Gasteiger partial charge in [-0.3, -0.25) is 0 Å². The predicted octanol–water partition coefficient (Wildman–Crippen LogP) is 4.63. The maximum atomic E-state index is 13.7. The zero-order valence-electron chi connectivity index (χ0n) is 11.1. The quantitative estimate of drug-likeness (QED) is 0.637. The Bertz CT molecular complexity index is 886. The van der Waals surface area contributed by atoms with Gasteiger partial charge in [-0.05, 0) is 18.2 Å². The van der Waals surface area contributed by atoms with E-state index < -0.39 is 17.8 Å². The van der Waals surface area contributed by atoms with Crippen LogP contribution >= 0.6 is 11.6 Å². The van der Waals surface area contributed by atoms with Crippen LogP contribution in [0.15, 0.2) is 36.7 Å². The molecule has 0 radical (unpaired) electrons. The van der Waals surface area contributed by atoms with Crippen LogP contribution in [0.25, 0.3) is 10.9 Å². The van der Waals surface area contributed by atoms with E-state index in [1.807, 2.05) is 0 Å². The van der Waals surface area contributed by atoms with Gasteiger partial charge in [-0.15, -0.1) is 0 Å². The summed E-state index contributed by atoms with van der Waals surface area (Å²) in [4.78, 5) is 10.4. The van der Waals surface area contributed by atoms with Crippen molar-refractivity contribution in [1.29, 1.82) is 0 Å². The molecule has 0 saturated carbocycles. The Balaban J connectivity index is 2.04. The minimum Gasteiger partial charge on any atom is -0.436 e. The van der Waals surface area contributed by atoms with Crippen molar-refractivity contribution in [1.82, 2.24) is 15.0 Å². The number of pyridine rings is 1. The van der Waals surface area contributed by atoms with Crippen molar-refractivity contribution in [2.45, 2.75) is 6.18 Å². The largest absolute Gasteiger partial charge is 0.451 e. The van der Waals surface area contributed by atoms with Gasteiger partial charge in [0.15, 0.2) is 5.82 Å². The number of nitrogens with zero attached hydrogens (tertiary/aromatic N) is 3. The number of fused-ring (bicyclic) bond motifs is 1. The van der Waals surface area contributed by atoms with E-state index in [4.69, 9.17) is 16.3 Å². The fourth-order valence-electron chi connectivity index (χ4n) is 1.84. The van der Waals surface area contributed by atoms with Crippen molar-refractivity contribution in [3.63, 3.8) is 0 Å². The molecule has 0 N–H and O–H groups in total. The standard InChI is InChI=1S/C14H6ClF4N3O/c15-7-4-9(16)12(20-5-7)23-11-3-1-2-10-8(11)6-21-13(22-10)14(17,18)19/h1-6H. The molecule has 0 bridgehead atoms. The van der Waals surface area contributed by atoms with Crippen LogP contribution in [0.4, 0.5) is 17.6 Å². The first-order valence-corrected chi connectivity index (χ1v) is 6.54. The molecule has 3 rings (SSSR count). The summed E-state index contributed by atoms with van der Waals surface area (Å²) in [5, 5.41) is 0.280. The van der Waals surface area contributed by atoms with Gasteiger partial charge in [-0.2, -0.15) is 13.2 Å². The summed E-state index contributed by atoms with van der Waals surface area (Å²) in [6, 6.07) is 5.24. The predicted molar refractivity (Wildman–Crippen MR) is 73.8 cm³/mol. The number of rotatable bonds is 2. The van der Waals surface area contributed by atoms with Crippen LogP contribution in [0.1, 0.15) is 5.82 Å². The van der Waals surface area contributed by atoms with Gasteiger partial charge in [-0.1, -0.05) is 17.7 Å². The van der Waals surface area contributed by atoms with Crippen molar-refractivity contribution in [3.05, 3.63) is 53.3 Å². The van der Waals surface area contributed by atoms with Crippen molar-refractivity contribution in [2.75, 3.05) is 0 Å². The van der Waals surface area contributed by atoms with Gasteiger partial charge in [0, 0.05) is 12.4 Å². The lowest BCUT2D eigenvalue weighted by molar-refractivity contribution is -0.144. The summed E-state index contributed by atoms with van der Waals surface area (Å²) in [7, 11) is 0. The van der Waals surface area contributed by atoms with Gasteiger partial charge in [0.25, 0.3) is 5.88 Å². The van der Waals surface area contributed by atoms with Crippen LogP contribution in [0.3, 0.4) is 0 Å². The monoisotopic (exact) mass is 343 g/mol. The molecular formula is C14H6ClF4N3O. The zero-order valence-corrected chi connectivity index (χ0v) is 11.9. The van der Waals surface area contributed by atoms with Gasteiger partial charge >= 0.3 is 6.18 Å². The van der Waals surface area contributed by atoms with Crippen LogP contribution < -0.4 is 4.74 Å². The first kappa shape index (κ1) is 15.4. The van der Waals surface area contributed by atoms with Gasteiger partial charge < -0.3 is 4.74 Å². The fraction of sp³-hybridized carbons (Fsp3) is 0.0714. The number of aromatic nitrogens is 3. The molecule has 0 atom stereocenters. The highest BCUT2D eigenvalue weighted by Crippen LogP contribution is 2.32. The molecular weight excluding hydrogens is 338 g/mol. The van der Waals surface area contributed by atoms with E-state index in [0.717, 1.165) is 12.3 Å². The van der Waals surface area contributed by atoms with E-state index in [9.17, 15) is 17.6 Å². The summed E-state index contributed by atoms with van der Waals surface area (Å²) in [6.45, 7) is 0. The Morgan fingerprint density at radius 3 is 2.57 bits per heavy atom. The summed E-state index contributed by atoms with van der Waals surface area (Å²) in [5.74, 6) is -2.35. The Hall–Kier alpha value is -2.48. The van der Waals surface area contributed by atoms with E-state index >= 15 is 0 Å². The normalized spacial score (nSPS) is 11.7. The second-order valence-electron chi connectivity index (χ2n) is 4.42. The summed E-state index contributed by atoms with van der Waals surface area (Å²) >= 11 is 5.59. The van der Waals surface area contributed by atoms with Gasteiger partial charge in [-0.25, -0.2) is 19.3 Å². The lowest BCUT2D eigenvalue weighted by Crippen LogP contribution is -2.10. The molecule has 2 heterocycles. The SMILES string of the molecule is Fc1cc(Cl)cnc1Oc1cccc2nc(C(F)(F)F)ncc12. The highest BCUT2D eigenvalue weighted by atomic mass is 35.5. The van der Waals surface area contributed by atoms with Gasteiger partial charge in [0.05, 0.1) is 15.9 Å². The molecule has 9 heteroatoms. The third-order valence-corrected chi connectivity index (χ3v) is 3.03. The molecule has 0 aliphatic carbocycles. The van der Waals surface area contributed by atoms with E-state index in [1.54, 1.807) is 0 Å². The van der Waals surface area contributed by atoms with E-state index in [1.165, 1.54) is 24.4 Å². The lowest BCUT2D eigenvalue weighted by atomic mass is 10.2. The molecule has 3 aromatic rings. The average molecular weight is 344 g/mol. The smallest absolute Gasteiger partial charge is 0.436 e. The summed E-state index contributed by atoms with van der Waals surface area (Å²) in [5.41, 5.74) is 0.0131. The summed E-state index contributed by atoms with van der Waals surface area (Å²) < 4.78 is 56.9. The van der Waals surface area contributed by atoms with E-state index in [2.05, 4.69) is 15.0 Å². The molecule has 0 aliphatic rings. The number of hydrogen-bond donors (Lipinski definition) is 0. The topological polar surface area (TPSA) is 47.9 Å². The van der Waals surface area contributed by atoms with Crippen molar-refractivity contribution in [3.8, 4) is 11.6 Å². The van der Waals surface area contributed by atoms with Crippen LogP contribution in [0, 0.1) is 5.82 Å². The van der Waals surface area contributed by atoms with Crippen molar-refractivity contribution < 1.29 is 22.3 Å². The van der Waals surface area contributed by atoms with Gasteiger partial charge in [0.2, 0.25) is 5.82 Å².